The lowest BCUT2D eigenvalue weighted by Crippen LogP contribution is -2.53. The van der Waals surface area contributed by atoms with Crippen molar-refractivity contribution >= 4 is 29.5 Å². The minimum Gasteiger partial charge on any atom is -0.444 e. The standard InChI is InChI=1S/C30H46N4O5/c1-19(2)21-10-12-23(13-11-21)31-27(36)25(20(3)4)32-26(35)22-14-17-33(18-15-22)28(37)24-9-8-16-34(24)29(38)39-30(5,6)7/h10-13,19-20,22,24-25H,8-9,14-18H2,1-7H3,(H,31,36)(H,32,35)/t24-,25-/m0/s1. The Kier molecular flexibility index (Phi) is 10.0. The van der Waals surface area contributed by atoms with Crippen LogP contribution >= 0.6 is 0 Å². The number of carbonyl (C=O) groups excluding carboxylic acids is 4. The molecule has 2 aliphatic rings. The van der Waals surface area contributed by atoms with E-state index in [0.29, 0.717) is 50.5 Å². The molecule has 2 N–H and O–H groups in total. The molecule has 2 fully saturated rings. The molecule has 4 amide bonds. The Morgan fingerprint density at radius 1 is 0.923 bits per heavy atom. The van der Waals surface area contributed by atoms with E-state index in [4.69, 9.17) is 4.74 Å². The molecule has 0 bridgehead atoms. The number of ether oxygens (including phenoxy) is 1. The van der Waals surface area contributed by atoms with Crippen molar-refractivity contribution in [2.45, 2.75) is 97.8 Å². The monoisotopic (exact) mass is 542 g/mol. The van der Waals surface area contributed by atoms with Crippen LogP contribution in [0.25, 0.3) is 0 Å². The van der Waals surface area contributed by atoms with Gasteiger partial charge in [-0.2, -0.15) is 0 Å². The van der Waals surface area contributed by atoms with Crippen LogP contribution in [0, 0.1) is 11.8 Å². The van der Waals surface area contributed by atoms with E-state index in [1.165, 1.54) is 10.5 Å². The number of carbonyl (C=O) groups is 4. The zero-order valence-electron chi connectivity index (χ0n) is 24.6. The number of benzene rings is 1. The van der Waals surface area contributed by atoms with Crippen molar-refractivity contribution in [3.05, 3.63) is 29.8 Å². The van der Waals surface area contributed by atoms with Gasteiger partial charge in [0, 0.05) is 31.2 Å². The summed E-state index contributed by atoms with van der Waals surface area (Å²) in [5.41, 5.74) is 1.27. The number of amides is 4. The Hall–Kier alpha value is -3.10. The summed E-state index contributed by atoms with van der Waals surface area (Å²) in [4.78, 5) is 55.3. The normalized spacial score (nSPS) is 19.3. The molecule has 1 aromatic carbocycles. The second-order valence-corrected chi connectivity index (χ2v) is 12.4. The molecule has 9 heteroatoms. The molecule has 0 aliphatic carbocycles. The Bertz CT molecular complexity index is 1020. The lowest BCUT2D eigenvalue weighted by Gasteiger charge is -2.36. The zero-order chi connectivity index (χ0) is 28.9. The molecule has 0 saturated carbocycles. The van der Waals surface area contributed by atoms with Crippen molar-refractivity contribution in [1.29, 1.82) is 0 Å². The number of hydrogen-bond acceptors (Lipinski definition) is 5. The number of nitrogens with zero attached hydrogens (tertiary/aromatic N) is 2. The number of hydrogen-bond donors (Lipinski definition) is 2. The van der Waals surface area contributed by atoms with Crippen LogP contribution in [0.4, 0.5) is 10.5 Å². The molecule has 3 rings (SSSR count). The minimum absolute atomic E-state index is 0.0832. The summed E-state index contributed by atoms with van der Waals surface area (Å²) in [6, 6.07) is 6.57. The van der Waals surface area contributed by atoms with Crippen LogP contribution in [0.2, 0.25) is 0 Å². The first-order chi connectivity index (χ1) is 18.3. The van der Waals surface area contributed by atoms with Crippen molar-refractivity contribution < 1.29 is 23.9 Å². The number of rotatable bonds is 7. The molecule has 1 aromatic rings. The molecule has 9 nitrogen and oxygen atoms in total. The first-order valence-corrected chi connectivity index (χ1v) is 14.3. The molecular formula is C30H46N4O5. The van der Waals surface area contributed by atoms with Crippen molar-refractivity contribution in [3.8, 4) is 0 Å². The Balaban J connectivity index is 1.53. The molecule has 0 aromatic heterocycles. The van der Waals surface area contributed by atoms with Crippen LogP contribution in [-0.4, -0.2) is 70.9 Å². The van der Waals surface area contributed by atoms with Crippen molar-refractivity contribution in [2.24, 2.45) is 11.8 Å². The second-order valence-electron chi connectivity index (χ2n) is 12.4. The molecule has 39 heavy (non-hydrogen) atoms. The van der Waals surface area contributed by atoms with E-state index in [2.05, 4.69) is 24.5 Å². The van der Waals surface area contributed by atoms with E-state index in [-0.39, 0.29) is 29.6 Å². The van der Waals surface area contributed by atoms with Crippen molar-refractivity contribution in [2.75, 3.05) is 25.0 Å². The van der Waals surface area contributed by atoms with Gasteiger partial charge in [0.15, 0.2) is 0 Å². The third-order valence-electron chi connectivity index (χ3n) is 7.44. The van der Waals surface area contributed by atoms with Crippen LogP contribution in [0.5, 0.6) is 0 Å². The lowest BCUT2D eigenvalue weighted by molar-refractivity contribution is -0.139. The van der Waals surface area contributed by atoms with Gasteiger partial charge in [-0.3, -0.25) is 19.3 Å². The van der Waals surface area contributed by atoms with E-state index in [1.807, 2.05) is 58.9 Å². The summed E-state index contributed by atoms with van der Waals surface area (Å²) in [5.74, 6) is -0.457. The first-order valence-electron chi connectivity index (χ1n) is 14.3. The van der Waals surface area contributed by atoms with Crippen LogP contribution in [0.1, 0.15) is 85.6 Å². The van der Waals surface area contributed by atoms with Gasteiger partial charge < -0.3 is 20.3 Å². The fourth-order valence-corrected chi connectivity index (χ4v) is 5.11. The van der Waals surface area contributed by atoms with E-state index in [0.717, 1.165) is 6.42 Å². The Morgan fingerprint density at radius 3 is 2.08 bits per heavy atom. The molecule has 2 heterocycles. The Labute approximate surface area is 233 Å². The molecule has 2 aliphatic heterocycles. The van der Waals surface area contributed by atoms with Gasteiger partial charge in [0.05, 0.1) is 0 Å². The van der Waals surface area contributed by atoms with Gasteiger partial charge in [0.25, 0.3) is 0 Å². The summed E-state index contributed by atoms with van der Waals surface area (Å²) >= 11 is 0. The highest BCUT2D eigenvalue weighted by molar-refractivity contribution is 5.97. The third kappa shape index (κ3) is 8.19. The minimum atomic E-state index is -0.664. The summed E-state index contributed by atoms with van der Waals surface area (Å²) in [6.07, 6.45) is 1.94. The first kappa shape index (κ1) is 30.4. The van der Waals surface area contributed by atoms with Gasteiger partial charge in [0.2, 0.25) is 17.7 Å². The number of piperidine rings is 1. The SMILES string of the molecule is CC(C)c1ccc(NC(=O)[C@@H](NC(=O)C2CCN(C(=O)[C@@H]3CCCN3C(=O)OC(C)(C)C)CC2)C(C)C)cc1. The van der Waals surface area contributed by atoms with Crippen LogP contribution in [0.3, 0.4) is 0 Å². The van der Waals surface area contributed by atoms with Gasteiger partial charge in [-0.25, -0.2) is 4.79 Å². The predicted molar refractivity (Wildman–Crippen MR) is 151 cm³/mol. The Morgan fingerprint density at radius 2 is 1.54 bits per heavy atom. The predicted octanol–water partition coefficient (Wildman–Crippen LogP) is 4.53. The topological polar surface area (TPSA) is 108 Å². The van der Waals surface area contributed by atoms with Gasteiger partial charge in [-0.15, -0.1) is 0 Å². The average Bonchev–Trinajstić information content (AvgIpc) is 3.36. The van der Waals surface area contributed by atoms with Crippen LogP contribution < -0.4 is 10.6 Å². The fraction of sp³-hybridized carbons (Fsp3) is 0.667. The fourth-order valence-electron chi connectivity index (χ4n) is 5.11. The molecule has 0 radical (unpaired) electrons. The summed E-state index contributed by atoms with van der Waals surface area (Å²) in [5, 5.41) is 5.88. The highest BCUT2D eigenvalue weighted by atomic mass is 16.6. The second kappa shape index (κ2) is 12.8. The molecular weight excluding hydrogens is 496 g/mol. The zero-order valence-corrected chi connectivity index (χ0v) is 24.6. The number of nitrogens with one attached hydrogen (secondary N) is 2. The van der Waals surface area contributed by atoms with Crippen molar-refractivity contribution in [1.82, 2.24) is 15.1 Å². The molecule has 0 unspecified atom stereocenters. The van der Waals surface area contributed by atoms with Gasteiger partial charge >= 0.3 is 6.09 Å². The van der Waals surface area contributed by atoms with Gasteiger partial charge in [0.1, 0.15) is 17.7 Å². The maximum Gasteiger partial charge on any atom is 0.410 e. The molecule has 216 valence electrons. The van der Waals surface area contributed by atoms with Crippen LogP contribution in [-0.2, 0) is 19.1 Å². The largest absolute Gasteiger partial charge is 0.444 e. The maximum atomic E-state index is 13.3. The number of anilines is 1. The summed E-state index contributed by atoms with van der Waals surface area (Å²) < 4.78 is 5.50. The highest BCUT2D eigenvalue weighted by Crippen LogP contribution is 2.26. The maximum absolute atomic E-state index is 13.3. The van der Waals surface area contributed by atoms with Crippen LogP contribution in [0.15, 0.2) is 24.3 Å². The quantitative estimate of drug-likeness (QED) is 0.526. The van der Waals surface area contributed by atoms with Crippen molar-refractivity contribution in [3.63, 3.8) is 0 Å². The van der Waals surface area contributed by atoms with E-state index >= 15 is 0 Å². The molecule has 2 atom stereocenters. The van der Waals surface area contributed by atoms with Gasteiger partial charge in [-0.05, 0) is 76.0 Å². The van der Waals surface area contributed by atoms with E-state index in [9.17, 15) is 19.2 Å². The smallest absolute Gasteiger partial charge is 0.410 e. The summed E-state index contributed by atoms with van der Waals surface area (Å²) in [7, 11) is 0. The van der Waals surface area contributed by atoms with Gasteiger partial charge in [-0.1, -0.05) is 39.8 Å². The third-order valence-corrected chi connectivity index (χ3v) is 7.44. The van der Waals surface area contributed by atoms with E-state index < -0.39 is 23.8 Å². The molecule has 2 saturated heterocycles. The molecule has 0 spiro atoms. The van der Waals surface area contributed by atoms with E-state index in [1.54, 1.807) is 4.90 Å². The average molecular weight is 543 g/mol. The summed E-state index contributed by atoms with van der Waals surface area (Å²) in [6.45, 7) is 14.9. The highest BCUT2D eigenvalue weighted by Gasteiger charge is 2.40. The lowest BCUT2D eigenvalue weighted by atomic mass is 9.93. The number of likely N-dealkylation sites (tertiary alicyclic amines) is 2.